The molecule has 2 saturated heterocycles. The third-order valence-corrected chi connectivity index (χ3v) is 6.27. The van der Waals surface area contributed by atoms with Gasteiger partial charge in [-0.15, -0.1) is 11.3 Å². The fraction of sp³-hybridized carbons (Fsp3) is 0.474. The average Bonchev–Trinajstić information content (AvgIpc) is 3.37. The Hall–Kier alpha value is -2.48. The van der Waals surface area contributed by atoms with E-state index >= 15 is 0 Å². The minimum Gasteiger partial charge on any atom is -0.375 e. The summed E-state index contributed by atoms with van der Waals surface area (Å²) >= 11 is 1.39. The summed E-state index contributed by atoms with van der Waals surface area (Å²) in [5.41, 5.74) is 6.99. The van der Waals surface area contributed by atoms with E-state index in [2.05, 4.69) is 9.97 Å². The van der Waals surface area contributed by atoms with Gasteiger partial charge in [0.2, 0.25) is 11.8 Å². The van der Waals surface area contributed by atoms with Crippen LogP contribution >= 0.6 is 11.3 Å². The van der Waals surface area contributed by atoms with Gasteiger partial charge in [0, 0.05) is 37.6 Å². The van der Waals surface area contributed by atoms with Crippen molar-refractivity contribution in [2.75, 3.05) is 25.4 Å². The van der Waals surface area contributed by atoms with Crippen molar-refractivity contribution in [1.82, 2.24) is 19.8 Å². The molecule has 0 radical (unpaired) electrons. The number of hydrogen-bond donors (Lipinski definition) is 1. The highest BCUT2D eigenvalue weighted by molar-refractivity contribution is 7.13. The molecule has 1 unspecified atom stereocenters. The molecule has 142 valence electrons. The molecule has 0 aromatic carbocycles. The number of aryl methyl sites for hydroxylation is 1. The number of nitrogen functional groups attached to an aromatic ring is 1. The molecule has 0 bridgehead atoms. The Morgan fingerprint density at radius 2 is 2.11 bits per heavy atom. The van der Waals surface area contributed by atoms with E-state index in [-0.39, 0.29) is 11.8 Å². The van der Waals surface area contributed by atoms with Crippen LogP contribution in [-0.2, 0) is 22.6 Å². The van der Waals surface area contributed by atoms with E-state index in [4.69, 9.17) is 5.73 Å². The van der Waals surface area contributed by atoms with Crippen LogP contribution in [0.25, 0.3) is 0 Å². The van der Waals surface area contributed by atoms with Crippen LogP contribution in [-0.4, -0.2) is 51.2 Å². The highest BCUT2D eigenvalue weighted by Gasteiger charge is 2.51. The van der Waals surface area contributed by atoms with Crippen molar-refractivity contribution in [2.45, 2.75) is 32.2 Å². The van der Waals surface area contributed by atoms with Crippen LogP contribution in [0.1, 0.15) is 30.7 Å². The molecule has 2 amide bonds. The first-order valence-electron chi connectivity index (χ1n) is 9.23. The van der Waals surface area contributed by atoms with Gasteiger partial charge in [0.15, 0.2) is 5.13 Å². The number of pyridine rings is 1. The zero-order valence-electron chi connectivity index (χ0n) is 15.1. The van der Waals surface area contributed by atoms with Gasteiger partial charge < -0.3 is 15.5 Å². The Kier molecular flexibility index (Phi) is 4.82. The van der Waals surface area contributed by atoms with E-state index in [1.807, 2.05) is 33.4 Å². The minimum atomic E-state index is -0.407. The molecule has 2 aromatic rings. The molecule has 27 heavy (non-hydrogen) atoms. The molecule has 4 rings (SSSR count). The van der Waals surface area contributed by atoms with E-state index in [0.29, 0.717) is 37.6 Å². The number of aromatic nitrogens is 2. The van der Waals surface area contributed by atoms with Crippen LogP contribution in [0.4, 0.5) is 5.13 Å². The lowest BCUT2D eigenvalue weighted by atomic mass is 9.85. The normalized spacial score (nSPS) is 22.1. The van der Waals surface area contributed by atoms with E-state index in [1.165, 1.54) is 11.3 Å². The summed E-state index contributed by atoms with van der Waals surface area (Å²) in [6, 6.07) is 5.75. The van der Waals surface area contributed by atoms with Gasteiger partial charge in [-0.3, -0.25) is 14.6 Å². The van der Waals surface area contributed by atoms with Gasteiger partial charge in [0.05, 0.1) is 23.3 Å². The van der Waals surface area contributed by atoms with Crippen LogP contribution in [0.3, 0.4) is 0 Å². The van der Waals surface area contributed by atoms with Gasteiger partial charge in [0.1, 0.15) is 0 Å². The number of nitrogens with zero attached hydrogens (tertiary/aromatic N) is 4. The second-order valence-corrected chi connectivity index (χ2v) is 8.21. The highest BCUT2D eigenvalue weighted by atomic mass is 32.1. The molecule has 0 saturated carbocycles. The van der Waals surface area contributed by atoms with Crippen molar-refractivity contribution in [3.05, 3.63) is 41.2 Å². The van der Waals surface area contributed by atoms with Gasteiger partial charge >= 0.3 is 0 Å². The quantitative estimate of drug-likeness (QED) is 0.846. The number of likely N-dealkylation sites (tertiary alicyclic amines) is 2. The Bertz CT molecular complexity index is 840. The smallest absolute Gasteiger partial charge is 0.231 e. The largest absolute Gasteiger partial charge is 0.375 e. The molecule has 0 aliphatic carbocycles. The monoisotopic (exact) mass is 385 g/mol. The summed E-state index contributed by atoms with van der Waals surface area (Å²) in [6.07, 6.45) is 4.31. The zero-order valence-corrected chi connectivity index (χ0v) is 16.0. The molecular formula is C19H23N5O2S. The lowest BCUT2D eigenvalue weighted by Crippen LogP contribution is -2.38. The molecule has 4 heterocycles. The molecule has 2 fully saturated rings. The molecule has 2 aromatic heterocycles. The topological polar surface area (TPSA) is 92.4 Å². The number of thiazole rings is 1. The summed E-state index contributed by atoms with van der Waals surface area (Å²) in [4.78, 5) is 37.8. The van der Waals surface area contributed by atoms with Gasteiger partial charge in [-0.25, -0.2) is 4.98 Å². The standard InChI is InChI=1S/C19H23N5O2S/c20-18-22-15(12-27-18)4-5-16(25)24-10-7-19(13-24)6-9-23(17(19)26)11-14-3-1-2-8-21-14/h1-3,8,12H,4-7,9-11,13H2,(H2,20,22). The Morgan fingerprint density at radius 1 is 1.26 bits per heavy atom. The molecular weight excluding hydrogens is 362 g/mol. The first-order chi connectivity index (χ1) is 13.1. The number of rotatable bonds is 5. The summed E-state index contributed by atoms with van der Waals surface area (Å²) < 4.78 is 0. The number of carbonyl (C=O) groups is 2. The maximum absolute atomic E-state index is 13.0. The molecule has 1 atom stereocenters. The van der Waals surface area contributed by atoms with Crippen molar-refractivity contribution < 1.29 is 9.59 Å². The average molecular weight is 385 g/mol. The predicted molar refractivity (Wildman–Crippen MR) is 103 cm³/mol. The number of anilines is 1. The molecule has 2 aliphatic heterocycles. The maximum atomic E-state index is 13.0. The Morgan fingerprint density at radius 3 is 2.85 bits per heavy atom. The first kappa shape index (κ1) is 17.9. The van der Waals surface area contributed by atoms with Crippen molar-refractivity contribution in [1.29, 1.82) is 0 Å². The zero-order chi connectivity index (χ0) is 18.9. The molecule has 1 spiro atoms. The molecule has 7 nitrogen and oxygen atoms in total. The first-order valence-corrected chi connectivity index (χ1v) is 10.1. The summed E-state index contributed by atoms with van der Waals surface area (Å²) in [5, 5.41) is 2.42. The summed E-state index contributed by atoms with van der Waals surface area (Å²) in [7, 11) is 0. The van der Waals surface area contributed by atoms with Gasteiger partial charge in [-0.1, -0.05) is 6.07 Å². The summed E-state index contributed by atoms with van der Waals surface area (Å²) in [5.74, 6) is 0.255. The van der Waals surface area contributed by atoms with E-state index in [9.17, 15) is 9.59 Å². The second-order valence-electron chi connectivity index (χ2n) is 7.32. The third kappa shape index (κ3) is 3.66. The third-order valence-electron chi connectivity index (χ3n) is 5.55. The van der Waals surface area contributed by atoms with Crippen LogP contribution in [0, 0.1) is 5.41 Å². The number of hydrogen-bond acceptors (Lipinski definition) is 6. The SMILES string of the molecule is Nc1nc(CCC(=O)N2CCC3(CCN(Cc4ccccn4)C3=O)C2)cs1. The summed E-state index contributed by atoms with van der Waals surface area (Å²) in [6.45, 7) is 2.46. The minimum absolute atomic E-state index is 0.0921. The lowest BCUT2D eigenvalue weighted by molar-refractivity contribution is -0.137. The predicted octanol–water partition coefficient (Wildman–Crippen LogP) is 1.70. The lowest BCUT2D eigenvalue weighted by Gasteiger charge is -2.23. The van der Waals surface area contributed by atoms with Crippen molar-refractivity contribution >= 4 is 28.3 Å². The number of carbonyl (C=O) groups excluding carboxylic acids is 2. The van der Waals surface area contributed by atoms with Gasteiger partial charge in [-0.05, 0) is 31.4 Å². The highest BCUT2D eigenvalue weighted by Crippen LogP contribution is 2.41. The Balaban J connectivity index is 1.34. The van der Waals surface area contributed by atoms with Crippen molar-refractivity contribution in [3.63, 3.8) is 0 Å². The van der Waals surface area contributed by atoms with Crippen LogP contribution < -0.4 is 5.73 Å². The molecule has 2 N–H and O–H groups in total. The van der Waals surface area contributed by atoms with Crippen LogP contribution in [0.2, 0.25) is 0 Å². The Labute approximate surface area is 162 Å². The molecule has 2 aliphatic rings. The van der Waals surface area contributed by atoms with Gasteiger partial charge in [-0.2, -0.15) is 0 Å². The van der Waals surface area contributed by atoms with E-state index < -0.39 is 5.41 Å². The van der Waals surface area contributed by atoms with Crippen molar-refractivity contribution in [3.8, 4) is 0 Å². The van der Waals surface area contributed by atoms with Crippen LogP contribution in [0.5, 0.6) is 0 Å². The number of amides is 2. The van der Waals surface area contributed by atoms with E-state index in [1.54, 1.807) is 6.20 Å². The molecule has 8 heteroatoms. The van der Waals surface area contributed by atoms with E-state index in [0.717, 1.165) is 30.8 Å². The van der Waals surface area contributed by atoms with Crippen LogP contribution in [0.15, 0.2) is 29.8 Å². The maximum Gasteiger partial charge on any atom is 0.231 e. The van der Waals surface area contributed by atoms with Crippen molar-refractivity contribution in [2.24, 2.45) is 5.41 Å². The van der Waals surface area contributed by atoms with Gasteiger partial charge in [0.25, 0.3) is 0 Å². The number of nitrogens with two attached hydrogens (primary N) is 1. The fourth-order valence-corrected chi connectivity index (χ4v) is 4.62. The second kappa shape index (κ2) is 7.26. The fourth-order valence-electron chi connectivity index (χ4n) is 4.03.